The predicted molar refractivity (Wildman–Crippen MR) is 132 cm³/mol. The van der Waals surface area contributed by atoms with Crippen molar-refractivity contribution in [1.29, 1.82) is 0 Å². The SMILES string of the molecule is Cn1c(NCc2ccc(-n3ccc4cc(Cl)cnc43)cc2)nc2ccc(NC3COC3)cc21. The normalized spacial score (nSPS) is 14.0. The maximum absolute atomic E-state index is 6.06. The molecule has 1 aliphatic heterocycles. The molecule has 4 heterocycles. The summed E-state index contributed by atoms with van der Waals surface area (Å²) in [6.45, 7) is 2.21. The molecule has 166 valence electrons. The van der Waals surface area contributed by atoms with Gasteiger partial charge < -0.3 is 24.5 Å². The number of halogens is 1. The Morgan fingerprint density at radius 3 is 2.73 bits per heavy atom. The Bertz CT molecular complexity index is 1450. The van der Waals surface area contributed by atoms with Crippen LogP contribution in [0.5, 0.6) is 0 Å². The summed E-state index contributed by atoms with van der Waals surface area (Å²) >= 11 is 6.06. The maximum atomic E-state index is 6.06. The van der Waals surface area contributed by atoms with Gasteiger partial charge in [-0.15, -0.1) is 0 Å². The lowest BCUT2D eigenvalue weighted by Crippen LogP contribution is -2.40. The second-order valence-electron chi connectivity index (χ2n) is 8.35. The van der Waals surface area contributed by atoms with E-state index in [2.05, 4.69) is 67.2 Å². The molecule has 1 aliphatic rings. The second-order valence-corrected chi connectivity index (χ2v) is 8.79. The number of fused-ring (bicyclic) bond motifs is 2. The number of nitrogens with zero attached hydrogens (tertiary/aromatic N) is 4. The minimum Gasteiger partial charge on any atom is -0.378 e. The molecule has 0 amide bonds. The van der Waals surface area contributed by atoms with Gasteiger partial charge in [-0.2, -0.15) is 0 Å². The monoisotopic (exact) mass is 458 g/mol. The highest BCUT2D eigenvalue weighted by Crippen LogP contribution is 2.25. The summed E-state index contributed by atoms with van der Waals surface area (Å²) in [7, 11) is 2.04. The van der Waals surface area contributed by atoms with E-state index < -0.39 is 0 Å². The van der Waals surface area contributed by atoms with Gasteiger partial charge in [0, 0.05) is 42.7 Å². The predicted octanol–water partition coefficient (Wildman–Crippen LogP) is 4.99. The lowest BCUT2D eigenvalue weighted by atomic mass is 10.2. The molecule has 0 atom stereocenters. The van der Waals surface area contributed by atoms with Crippen molar-refractivity contribution in [1.82, 2.24) is 19.1 Å². The van der Waals surface area contributed by atoms with Crippen molar-refractivity contribution < 1.29 is 4.74 Å². The van der Waals surface area contributed by atoms with Crippen molar-refractivity contribution in [2.45, 2.75) is 12.6 Å². The van der Waals surface area contributed by atoms with E-state index in [4.69, 9.17) is 21.3 Å². The van der Waals surface area contributed by atoms with Crippen LogP contribution in [-0.2, 0) is 18.3 Å². The van der Waals surface area contributed by atoms with Gasteiger partial charge >= 0.3 is 0 Å². The van der Waals surface area contributed by atoms with E-state index in [1.165, 1.54) is 5.56 Å². The third-order valence-corrected chi connectivity index (χ3v) is 6.25. The van der Waals surface area contributed by atoms with Crippen molar-refractivity contribution in [2.24, 2.45) is 7.05 Å². The first-order valence-electron chi connectivity index (χ1n) is 10.9. The number of nitrogens with one attached hydrogen (secondary N) is 2. The average Bonchev–Trinajstić information content (AvgIpc) is 3.36. The van der Waals surface area contributed by atoms with E-state index in [1.807, 2.05) is 25.4 Å². The van der Waals surface area contributed by atoms with Gasteiger partial charge in [0.15, 0.2) is 0 Å². The van der Waals surface area contributed by atoms with E-state index in [1.54, 1.807) is 6.20 Å². The minimum atomic E-state index is 0.398. The zero-order valence-corrected chi connectivity index (χ0v) is 18.9. The molecule has 33 heavy (non-hydrogen) atoms. The first-order valence-corrected chi connectivity index (χ1v) is 11.3. The Labute approximate surface area is 196 Å². The summed E-state index contributed by atoms with van der Waals surface area (Å²) in [5.41, 5.74) is 6.27. The van der Waals surface area contributed by atoms with E-state index in [-0.39, 0.29) is 0 Å². The molecular weight excluding hydrogens is 436 g/mol. The molecular formula is C25H23ClN6O. The Kier molecular flexibility index (Phi) is 4.93. The number of imidazole rings is 1. The largest absolute Gasteiger partial charge is 0.378 e. The molecule has 0 radical (unpaired) electrons. The standard InChI is InChI=1S/C25H23ClN6O/c1-31-23-11-19(29-20-14-33-15-20)4-7-22(23)30-25(31)28-12-16-2-5-21(6-3-16)32-9-8-17-10-18(26)13-27-24(17)32/h2-11,13,20,29H,12,14-15H2,1H3,(H,28,30). The van der Waals surface area contributed by atoms with Crippen LogP contribution in [0.25, 0.3) is 27.8 Å². The molecule has 2 aromatic carbocycles. The van der Waals surface area contributed by atoms with Crippen LogP contribution in [0.3, 0.4) is 0 Å². The lowest BCUT2D eigenvalue weighted by Gasteiger charge is -2.27. The van der Waals surface area contributed by atoms with Crippen molar-refractivity contribution >= 4 is 45.3 Å². The number of aromatic nitrogens is 4. The third kappa shape index (κ3) is 3.79. The number of anilines is 2. The molecule has 3 aromatic heterocycles. The van der Waals surface area contributed by atoms with E-state index in [0.717, 1.165) is 52.6 Å². The Hall–Kier alpha value is -3.55. The van der Waals surface area contributed by atoms with Crippen LogP contribution in [-0.4, -0.2) is 38.4 Å². The molecule has 1 saturated heterocycles. The third-order valence-electron chi connectivity index (χ3n) is 6.05. The molecule has 8 heteroatoms. The Morgan fingerprint density at radius 1 is 1.09 bits per heavy atom. The van der Waals surface area contributed by atoms with Crippen LogP contribution in [0.15, 0.2) is 67.0 Å². The van der Waals surface area contributed by atoms with Crippen LogP contribution in [0, 0.1) is 0 Å². The highest BCUT2D eigenvalue weighted by Gasteiger charge is 2.18. The highest BCUT2D eigenvalue weighted by molar-refractivity contribution is 6.31. The summed E-state index contributed by atoms with van der Waals surface area (Å²) in [5.74, 6) is 0.843. The zero-order chi connectivity index (χ0) is 22.4. The number of ether oxygens (including phenoxy) is 1. The number of hydrogen-bond donors (Lipinski definition) is 2. The molecule has 0 unspecified atom stereocenters. The van der Waals surface area contributed by atoms with Gasteiger partial charge in [0.1, 0.15) is 5.65 Å². The molecule has 2 N–H and O–H groups in total. The Morgan fingerprint density at radius 2 is 1.94 bits per heavy atom. The van der Waals surface area contributed by atoms with Gasteiger partial charge in [-0.05, 0) is 48.0 Å². The van der Waals surface area contributed by atoms with E-state index >= 15 is 0 Å². The number of pyridine rings is 1. The van der Waals surface area contributed by atoms with Crippen molar-refractivity contribution in [3.8, 4) is 5.69 Å². The fraction of sp³-hybridized carbons (Fsp3) is 0.200. The van der Waals surface area contributed by atoms with Gasteiger partial charge in [0.05, 0.1) is 35.3 Å². The topological polar surface area (TPSA) is 68.9 Å². The fourth-order valence-corrected chi connectivity index (χ4v) is 4.32. The number of benzene rings is 2. The van der Waals surface area contributed by atoms with Gasteiger partial charge in [-0.25, -0.2) is 9.97 Å². The van der Waals surface area contributed by atoms with E-state index in [9.17, 15) is 0 Å². The second kappa shape index (κ2) is 8.10. The molecule has 0 bridgehead atoms. The van der Waals surface area contributed by atoms with Crippen molar-refractivity contribution in [3.63, 3.8) is 0 Å². The van der Waals surface area contributed by atoms with Gasteiger partial charge in [0.2, 0.25) is 5.95 Å². The first kappa shape index (κ1) is 20.1. The van der Waals surface area contributed by atoms with Gasteiger partial charge in [-0.1, -0.05) is 23.7 Å². The van der Waals surface area contributed by atoms with Crippen LogP contribution in [0.2, 0.25) is 5.02 Å². The average molecular weight is 459 g/mol. The summed E-state index contributed by atoms with van der Waals surface area (Å²) < 4.78 is 9.41. The Balaban J connectivity index is 1.18. The van der Waals surface area contributed by atoms with Crippen LogP contribution in [0.4, 0.5) is 11.6 Å². The molecule has 0 aliphatic carbocycles. The minimum absolute atomic E-state index is 0.398. The van der Waals surface area contributed by atoms with Crippen LogP contribution < -0.4 is 10.6 Å². The quantitative estimate of drug-likeness (QED) is 0.375. The number of aryl methyl sites for hydroxylation is 1. The van der Waals surface area contributed by atoms with Crippen molar-refractivity contribution in [2.75, 3.05) is 23.8 Å². The number of hydrogen-bond acceptors (Lipinski definition) is 5. The molecule has 6 rings (SSSR count). The summed E-state index contributed by atoms with van der Waals surface area (Å²) in [6.07, 6.45) is 3.69. The first-order chi connectivity index (χ1) is 16.1. The van der Waals surface area contributed by atoms with Crippen LogP contribution in [0.1, 0.15) is 5.56 Å². The molecule has 7 nitrogen and oxygen atoms in total. The highest BCUT2D eigenvalue weighted by atomic mass is 35.5. The summed E-state index contributed by atoms with van der Waals surface area (Å²) in [4.78, 5) is 9.23. The number of rotatable bonds is 6. The molecule has 5 aromatic rings. The van der Waals surface area contributed by atoms with Gasteiger partial charge in [-0.3, -0.25) is 0 Å². The summed E-state index contributed by atoms with van der Waals surface area (Å²) in [6, 6.07) is 19.1. The van der Waals surface area contributed by atoms with Crippen molar-refractivity contribution in [3.05, 3.63) is 77.6 Å². The fourth-order valence-electron chi connectivity index (χ4n) is 4.15. The van der Waals surface area contributed by atoms with Crippen LogP contribution >= 0.6 is 11.6 Å². The summed E-state index contributed by atoms with van der Waals surface area (Å²) in [5, 5.41) is 8.63. The zero-order valence-electron chi connectivity index (χ0n) is 18.1. The smallest absolute Gasteiger partial charge is 0.203 e. The molecule has 0 spiro atoms. The van der Waals surface area contributed by atoms with E-state index in [0.29, 0.717) is 17.6 Å². The van der Waals surface area contributed by atoms with Gasteiger partial charge in [0.25, 0.3) is 0 Å². The molecule has 1 fully saturated rings. The maximum Gasteiger partial charge on any atom is 0.203 e. The lowest BCUT2D eigenvalue weighted by molar-refractivity contribution is 0.0211. The molecule has 0 saturated carbocycles.